The van der Waals surface area contributed by atoms with E-state index in [1.807, 2.05) is 52.0 Å². The molecule has 1 unspecified atom stereocenters. The number of hydrogen-bond donors (Lipinski definition) is 3. The van der Waals surface area contributed by atoms with E-state index in [9.17, 15) is 19.8 Å². The van der Waals surface area contributed by atoms with E-state index in [2.05, 4.69) is 21.2 Å². The molecular formula is C27H34BrNO4. The van der Waals surface area contributed by atoms with Crippen molar-refractivity contribution in [1.29, 1.82) is 0 Å². The highest BCUT2D eigenvalue weighted by Crippen LogP contribution is 2.54. The topological polar surface area (TPSA) is 86.6 Å². The Morgan fingerprint density at radius 3 is 2.45 bits per heavy atom. The third-order valence-electron chi connectivity index (χ3n) is 7.39. The van der Waals surface area contributed by atoms with Crippen LogP contribution in [0.3, 0.4) is 0 Å². The lowest BCUT2D eigenvalue weighted by Crippen LogP contribution is -2.59. The monoisotopic (exact) mass is 515 g/mol. The number of nitrogens with one attached hydrogen (secondary N) is 1. The quantitative estimate of drug-likeness (QED) is 0.471. The van der Waals surface area contributed by atoms with Crippen LogP contribution in [0.1, 0.15) is 73.5 Å². The third-order valence-corrected chi connectivity index (χ3v) is 7.92. The number of aryl methyl sites for hydroxylation is 1. The molecule has 1 saturated carbocycles. The number of phenolic OH excluding ortho intramolecular Hbond substituents is 1. The number of amides is 1. The summed E-state index contributed by atoms with van der Waals surface area (Å²) in [5, 5.41) is 26.1. The number of carbonyl (C=O) groups is 2. The van der Waals surface area contributed by atoms with E-state index in [1.165, 1.54) is 0 Å². The second kappa shape index (κ2) is 9.98. The van der Waals surface area contributed by atoms with Crippen LogP contribution in [0.25, 0.3) is 0 Å². The maximum Gasteiger partial charge on any atom is 0.255 e. The average molecular weight is 516 g/mol. The van der Waals surface area contributed by atoms with Gasteiger partial charge < -0.3 is 15.5 Å². The second-order valence-corrected chi connectivity index (χ2v) is 10.4. The molecule has 1 amide bonds. The van der Waals surface area contributed by atoms with E-state index in [0.717, 1.165) is 15.6 Å². The van der Waals surface area contributed by atoms with Gasteiger partial charge in [-0.05, 0) is 61.4 Å². The number of aliphatic hydroxyl groups is 1. The van der Waals surface area contributed by atoms with Crippen LogP contribution >= 0.6 is 15.9 Å². The van der Waals surface area contributed by atoms with Crippen molar-refractivity contribution in [3.8, 4) is 5.75 Å². The van der Waals surface area contributed by atoms with Crippen LogP contribution in [0.2, 0.25) is 0 Å². The summed E-state index contributed by atoms with van der Waals surface area (Å²) in [6.07, 6.45) is 1.98. The molecule has 3 N–H and O–H groups in total. The van der Waals surface area contributed by atoms with Crippen molar-refractivity contribution < 1.29 is 19.8 Å². The molecule has 2 aromatic rings. The van der Waals surface area contributed by atoms with Crippen molar-refractivity contribution in [3.05, 3.63) is 63.1 Å². The van der Waals surface area contributed by atoms with E-state index < -0.39 is 11.0 Å². The molecule has 1 aliphatic carbocycles. The molecule has 6 heteroatoms. The first-order chi connectivity index (χ1) is 15.6. The summed E-state index contributed by atoms with van der Waals surface area (Å²) >= 11 is 3.41. The number of ketones is 1. The van der Waals surface area contributed by atoms with Crippen molar-refractivity contribution in [2.75, 3.05) is 6.54 Å². The zero-order valence-electron chi connectivity index (χ0n) is 19.9. The molecule has 3 rings (SSSR count). The van der Waals surface area contributed by atoms with Gasteiger partial charge in [0.05, 0.1) is 11.2 Å². The molecule has 178 valence electrons. The number of hydrogen-bond acceptors (Lipinski definition) is 4. The van der Waals surface area contributed by atoms with Crippen LogP contribution in [0.4, 0.5) is 0 Å². The Hall–Kier alpha value is -2.18. The van der Waals surface area contributed by atoms with Crippen LogP contribution in [0, 0.1) is 12.8 Å². The van der Waals surface area contributed by atoms with Gasteiger partial charge in [0.25, 0.3) is 5.91 Å². The fourth-order valence-electron chi connectivity index (χ4n) is 5.45. The average Bonchev–Trinajstić information content (AvgIpc) is 2.77. The van der Waals surface area contributed by atoms with Crippen LogP contribution < -0.4 is 5.32 Å². The Labute approximate surface area is 204 Å². The molecular weight excluding hydrogens is 482 g/mol. The zero-order chi connectivity index (χ0) is 24.4. The summed E-state index contributed by atoms with van der Waals surface area (Å²) in [5.74, 6) is -0.544. The summed E-state index contributed by atoms with van der Waals surface area (Å²) in [6, 6.07) is 11.3. The minimum atomic E-state index is -1.16. The van der Waals surface area contributed by atoms with Crippen molar-refractivity contribution in [2.24, 2.45) is 5.92 Å². The van der Waals surface area contributed by atoms with Gasteiger partial charge in [0.2, 0.25) is 0 Å². The highest BCUT2D eigenvalue weighted by molar-refractivity contribution is 9.10. The van der Waals surface area contributed by atoms with Crippen LogP contribution in [0.15, 0.2) is 40.9 Å². The van der Waals surface area contributed by atoms with Crippen LogP contribution in [-0.2, 0) is 16.6 Å². The van der Waals surface area contributed by atoms with E-state index in [1.54, 1.807) is 12.1 Å². The van der Waals surface area contributed by atoms with Crippen molar-refractivity contribution in [1.82, 2.24) is 5.32 Å². The summed E-state index contributed by atoms with van der Waals surface area (Å²) < 4.78 is 1.000. The number of Topliss-reactive ketones (excluding diaryl/α,β-unsaturated/α-hetero) is 1. The molecule has 0 saturated heterocycles. The predicted molar refractivity (Wildman–Crippen MR) is 134 cm³/mol. The van der Waals surface area contributed by atoms with Gasteiger partial charge in [-0.3, -0.25) is 9.59 Å². The minimum absolute atomic E-state index is 0.0744. The number of benzene rings is 2. The number of aromatic hydroxyl groups is 1. The molecule has 33 heavy (non-hydrogen) atoms. The highest BCUT2D eigenvalue weighted by atomic mass is 79.9. The van der Waals surface area contributed by atoms with Gasteiger partial charge in [-0.25, -0.2) is 0 Å². The number of carbonyl (C=O) groups excluding carboxylic acids is 2. The molecule has 0 radical (unpaired) electrons. The number of halogens is 1. The first-order valence-electron chi connectivity index (χ1n) is 11.7. The maximum atomic E-state index is 13.0. The Kier molecular flexibility index (Phi) is 7.69. The first-order valence-corrected chi connectivity index (χ1v) is 12.4. The SMILES string of the molecule is CCC1(c2c(C)ccc(C(=O)NCCc3ccc(Br)cc3)c2O)CC(=O)CC[C@@]1(O)C(C)C. The lowest BCUT2D eigenvalue weighted by Gasteiger charge is -2.53. The molecule has 1 fully saturated rings. The second-order valence-electron chi connectivity index (χ2n) is 9.52. The Bertz CT molecular complexity index is 1030. The van der Waals surface area contributed by atoms with E-state index in [-0.39, 0.29) is 35.3 Å². The fourth-order valence-corrected chi connectivity index (χ4v) is 5.71. The lowest BCUT2D eigenvalue weighted by atomic mass is 9.53. The van der Waals surface area contributed by atoms with E-state index >= 15 is 0 Å². The molecule has 0 spiro atoms. The standard InChI is InChI=1S/C27H34BrNO4/c1-5-26(16-21(30)12-14-27(26,33)17(2)3)23-18(4)6-11-22(24(23)31)25(32)29-15-13-19-7-9-20(28)10-8-19/h6-11,17,31,33H,5,12-16H2,1-4H3,(H,29,32)/t26?,27-/m1/s1. The normalized spacial score (nSPS) is 23.1. The summed E-state index contributed by atoms with van der Waals surface area (Å²) in [5.41, 5.74) is 0.458. The molecule has 2 aromatic carbocycles. The van der Waals surface area contributed by atoms with Crippen molar-refractivity contribution in [2.45, 2.75) is 70.8 Å². The highest BCUT2D eigenvalue weighted by Gasteiger charge is 2.57. The van der Waals surface area contributed by atoms with Gasteiger partial charge in [0.15, 0.2) is 0 Å². The predicted octanol–water partition coefficient (Wildman–Crippen LogP) is 5.22. The van der Waals surface area contributed by atoms with E-state index in [4.69, 9.17) is 0 Å². The van der Waals surface area contributed by atoms with Gasteiger partial charge in [-0.1, -0.05) is 54.9 Å². The van der Waals surface area contributed by atoms with Crippen LogP contribution in [-0.4, -0.2) is 34.0 Å². The first kappa shape index (κ1) is 25.4. The Balaban J connectivity index is 1.94. The van der Waals surface area contributed by atoms with Gasteiger partial charge in [0.1, 0.15) is 11.5 Å². The molecule has 0 aliphatic heterocycles. The van der Waals surface area contributed by atoms with Crippen molar-refractivity contribution in [3.63, 3.8) is 0 Å². The Morgan fingerprint density at radius 2 is 1.85 bits per heavy atom. The lowest BCUT2D eigenvalue weighted by molar-refractivity contribution is -0.143. The van der Waals surface area contributed by atoms with Gasteiger partial charge >= 0.3 is 0 Å². The fraction of sp³-hybridized carbons (Fsp3) is 0.481. The smallest absolute Gasteiger partial charge is 0.255 e. The van der Waals surface area contributed by atoms with Gasteiger partial charge in [-0.15, -0.1) is 0 Å². The molecule has 0 bridgehead atoms. The molecule has 0 heterocycles. The zero-order valence-corrected chi connectivity index (χ0v) is 21.5. The van der Waals surface area contributed by atoms with Crippen molar-refractivity contribution >= 4 is 27.6 Å². The number of rotatable bonds is 7. The summed E-state index contributed by atoms with van der Waals surface area (Å²) in [6.45, 7) is 8.13. The summed E-state index contributed by atoms with van der Waals surface area (Å²) in [7, 11) is 0. The molecule has 2 atom stereocenters. The third kappa shape index (κ3) is 4.73. The summed E-state index contributed by atoms with van der Waals surface area (Å²) in [4.78, 5) is 25.6. The molecule has 1 aliphatic rings. The van der Waals surface area contributed by atoms with E-state index in [0.29, 0.717) is 37.8 Å². The van der Waals surface area contributed by atoms with Gasteiger partial charge in [0, 0.05) is 34.8 Å². The largest absolute Gasteiger partial charge is 0.507 e. The molecule has 0 aromatic heterocycles. The Morgan fingerprint density at radius 1 is 1.18 bits per heavy atom. The number of phenols is 1. The maximum absolute atomic E-state index is 13.0. The van der Waals surface area contributed by atoms with Gasteiger partial charge in [-0.2, -0.15) is 0 Å². The van der Waals surface area contributed by atoms with Crippen LogP contribution in [0.5, 0.6) is 5.75 Å². The molecule has 5 nitrogen and oxygen atoms in total. The minimum Gasteiger partial charge on any atom is -0.507 e.